The van der Waals surface area contributed by atoms with Crippen molar-refractivity contribution in [3.8, 4) is 0 Å². The van der Waals surface area contributed by atoms with Crippen LogP contribution in [0.15, 0.2) is 40.4 Å². The molecule has 1 aliphatic carbocycles. The monoisotopic (exact) mass is 386 g/mol. The van der Waals surface area contributed by atoms with Gasteiger partial charge in [-0.05, 0) is 76.6 Å². The molecule has 0 amide bonds. The first-order valence-corrected chi connectivity index (χ1v) is 10.7. The summed E-state index contributed by atoms with van der Waals surface area (Å²) in [5, 5.41) is 0. The summed E-state index contributed by atoms with van der Waals surface area (Å²) in [6.07, 6.45) is 13.9. The van der Waals surface area contributed by atoms with E-state index in [2.05, 4.69) is 42.8 Å². The first kappa shape index (κ1) is 20.8. The standard InChI is InChI=1S/C23H34N2O3/c1-17(2)28-22-15-20(8-7-18(22)3)16-25-12-9-19(10-13-25)5-4-6-21(26)23-24-11-14-27-23/h8,11,14-15,17-19H,4-7,9-10,12-13,16H2,1-3H3. The van der Waals surface area contributed by atoms with Gasteiger partial charge in [0.1, 0.15) is 6.26 Å². The van der Waals surface area contributed by atoms with E-state index in [-0.39, 0.29) is 17.8 Å². The molecule has 5 nitrogen and oxygen atoms in total. The van der Waals surface area contributed by atoms with Crippen molar-refractivity contribution in [3.05, 3.63) is 41.8 Å². The summed E-state index contributed by atoms with van der Waals surface area (Å²) in [5.74, 6) is 2.62. The molecule has 1 atom stereocenters. The number of rotatable bonds is 9. The predicted molar refractivity (Wildman–Crippen MR) is 110 cm³/mol. The van der Waals surface area contributed by atoms with E-state index in [9.17, 15) is 4.79 Å². The number of allylic oxidation sites excluding steroid dienone is 2. The first-order valence-electron chi connectivity index (χ1n) is 10.7. The molecule has 0 aromatic carbocycles. The second-order valence-corrected chi connectivity index (χ2v) is 8.50. The third-order valence-electron chi connectivity index (χ3n) is 5.72. The molecule has 0 bridgehead atoms. The summed E-state index contributed by atoms with van der Waals surface area (Å²) in [4.78, 5) is 18.4. The zero-order valence-electron chi connectivity index (χ0n) is 17.5. The van der Waals surface area contributed by atoms with Crippen LogP contribution in [0.5, 0.6) is 0 Å². The Labute approximate surface area is 168 Å². The van der Waals surface area contributed by atoms with Crippen molar-refractivity contribution in [1.82, 2.24) is 9.88 Å². The number of hydrogen-bond acceptors (Lipinski definition) is 5. The van der Waals surface area contributed by atoms with Crippen molar-refractivity contribution < 1.29 is 13.9 Å². The fourth-order valence-corrected chi connectivity index (χ4v) is 4.07. The summed E-state index contributed by atoms with van der Waals surface area (Å²) in [6.45, 7) is 9.72. The Morgan fingerprint density at radius 2 is 2.14 bits per heavy atom. The second kappa shape index (κ2) is 10.1. The lowest BCUT2D eigenvalue weighted by Crippen LogP contribution is -2.35. The number of aromatic nitrogens is 1. The number of nitrogens with zero attached hydrogens (tertiary/aromatic N) is 2. The minimum absolute atomic E-state index is 0.0205. The Bertz CT molecular complexity index is 683. The first-order chi connectivity index (χ1) is 13.5. The number of carbonyl (C=O) groups is 1. The van der Waals surface area contributed by atoms with Crippen LogP contribution in [-0.2, 0) is 4.74 Å². The van der Waals surface area contributed by atoms with E-state index in [1.807, 2.05) is 0 Å². The molecule has 28 heavy (non-hydrogen) atoms. The summed E-state index contributed by atoms with van der Waals surface area (Å²) in [5.41, 5.74) is 1.39. The van der Waals surface area contributed by atoms with Crippen LogP contribution in [0.2, 0.25) is 0 Å². The number of oxazole rings is 1. The number of hydrogen-bond donors (Lipinski definition) is 0. The zero-order valence-corrected chi connectivity index (χ0v) is 17.5. The topological polar surface area (TPSA) is 55.6 Å². The maximum atomic E-state index is 12.0. The van der Waals surface area contributed by atoms with Crippen LogP contribution in [0, 0.1) is 11.8 Å². The highest BCUT2D eigenvalue weighted by molar-refractivity contribution is 5.91. The maximum Gasteiger partial charge on any atom is 0.263 e. The summed E-state index contributed by atoms with van der Waals surface area (Å²) >= 11 is 0. The molecule has 3 rings (SSSR count). The zero-order chi connectivity index (χ0) is 19.9. The molecule has 0 N–H and O–H groups in total. The van der Waals surface area contributed by atoms with Crippen molar-refractivity contribution >= 4 is 5.78 Å². The van der Waals surface area contributed by atoms with E-state index in [1.165, 1.54) is 30.9 Å². The highest BCUT2D eigenvalue weighted by Crippen LogP contribution is 2.28. The lowest BCUT2D eigenvalue weighted by atomic mass is 9.90. The fraction of sp³-hybridized carbons (Fsp3) is 0.652. The van der Waals surface area contributed by atoms with Gasteiger partial charge in [-0.3, -0.25) is 9.69 Å². The van der Waals surface area contributed by atoms with Crippen molar-refractivity contribution in [2.45, 2.75) is 65.4 Å². The van der Waals surface area contributed by atoms with Gasteiger partial charge in [-0.1, -0.05) is 13.0 Å². The number of likely N-dealkylation sites (tertiary alicyclic amines) is 1. The van der Waals surface area contributed by atoms with Crippen LogP contribution in [0.3, 0.4) is 0 Å². The van der Waals surface area contributed by atoms with Crippen LogP contribution in [0.4, 0.5) is 0 Å². The second-order valence-electron chi connectivity index (χ2n) is 8.50. The van der Waals surface area contributed by atoms with E-state index in [0.29, 0.717) is 12.3 Å². The van der Waals surface area contributed by atoms with Crippen LogP contribution >= 0.6 is 0 Å². The Balaban J connectivity index is 1.37. The van der Waals surface area contributed by atoms with Crippen LogP contribution < -0.4 is 0 Å². The van der Waals surface area contributed by atoms with Crippen LogP contribution in [0.1, 0.15) is 70.0 Å². The van der Waals surface area contributed by atoms with E-state index >= 15 is 0 Å². The molecule has 0 radical (unpaired) electrons. The minimum Gasteiger partial charge on any atom is -0.495 e. The van der Waals surface area contributed by atoms with Gasteiger partial charge in [0.15, 0.2) is 0 Å². The molecule has 154 valence electrons. The largest absolute Gasteiger partial charge is 0.495 e. The summed E-state index contributed by atoms with van der Waals surface area (Å²) in [6, 6.07) is 0. The van der Waals surface area contributed by atoms with Gasteiger partial charge in [0.25, 0.3) is 5.89 Å². The number of ether oxygens (including phenoxy) is 1. The average molecular weight is 387 g/mol. The summed E-state index contributed by atoms with van der Waals surface area (Å²) in [7, 11) is 0. The van der Waals surface area contributed by atoms with Gasteiger partial charge in [0.05, 0.1) is 18.1 Å². The summed E-state index contributed by atoms with van der Waals surface area (Å²) < 4.78 is 11.1. The molecule has 2 heterocycles. The molecule has 5 heteroatoms. The predicted octanol–water partition coefficient (Wildman–Crippen LogP) is 5.01. The molecule has 0 spiro atoms. The van der Waals surface area contributed by atoms with Crippen LogP contribution in [-0.4, -0.2) is 41.4 Å². The molecule has 1 aliphatic heterocycles. The Kier molecular flexibility index (Phi) is 7.49. The molecule has 1 unspecified atom stereocenters. The highest BCUT2D eigenvalue weighted by atomic mass is 16.5. The molecule has 1 saturated heterocycles. The smallest absolute Gasteiger partial charge is 0.263 e. The van der Waals surface area contributed by atoms with Crippen molar-refractivity contribution in [2.75, 3.05) is 19.6 Å². The van der Waals surface area contributed by atoms with E-state index in [0.717, 1.165) is 50.6 Å². The third-order valence-corrected chi connectivity index (χ3v) is 5.72. The van der Waals surface area contributed by atoms with Crippen LogP contribution in [0.25, 0.3) is 0 Å². The Hall–Kier alpha value is -1.88. The molecule has 0 saturated carbocycles. The van der Waals surface area contributed by atoms with Gasteiger partial charge in [0, 0.05) is 18.9 Å². The number of carbonyl (C=O) groups excluding carboxylic acids is 1. The number of piperidine rings is 1. The van der Waals surface area contributed by atoms with E-state index in [1.54, 1.807) is 0 Å². The third kappa shape index (κ3) is 6.06. The molecule has 1 aromatic heterocycles. The lowest BCUT2D eigenvalue weighted by molar-refractivity contribution is 0.0941. The van der Waals surface area contributed by atoms with Gasteiger partial charge in [0.2, 0.25) is 5.78 Å². The number of Topliss-reactive ketones (excluding diaryl/α,β-unsaturated/α-hetero) is 1. The van der Waals surface area contributed by atoms with E-state index in [4.69, 9.17) is 9.15 Å². The molecule has 1 fully saturated rings. The SMILES string of the molecule is CC(C)OC1=CC(CN2CCC(CCCC(=O)c3ncco3)CC2)=CCC1C. The normalized spacial score (nSPS) is 21.5. The van der Waals surface area contributed by atoms with Crippen molar-refractivity contribution in [3.63, 3.8) is 0 Å². The number of ketones is 1. The fourth-order valence-electron chi connectivity index (χ4n) is 4.07. The Morgan fingerprint density at radius 3 is 2.82 bits per heavy atom. The average Bonchev–Trinajstić information content (AvgIpc) is 3.20. The lowest BCUT2D eigenvalue weighted by Gasteiger charge is -2.33. The van der Waals surface area contributed by atoms with Gasteiger partial charge >= 0.3 is 0 Å². The van der Waals surface area contributed by atoms with Crippen molar-refractivity contribution in [1.29, 1.82) is 0 Å². The molecule has 1 aromatic rings. The van der Waals surface area contributed by atoms with E-state index < -0.39 is 0 Å². The van der Waals surface area contributed by atoms with Gasteiger partial charge in [-0.15, -0.1) is 0 Å². The quantitative estimate of drug-likeness (QED) is 0.558. The van der Waals surface area contributed by atoms with Gasteiger partial charge < -0.3 is 9.15 Å². The molecule has 2 aliphatic rings. The Morgan fingerprint density at radius 1 is 1.36 bits per heavy atom. The van der Waals surface area contributed by atoms with Gasteiger partial charge in [-0.2, -0.15) is 0 Å². The molecular weight excluding hydrogens is 352 g/mol. The molecular formula is C23H34N2O3. The van der Waals surface area contributed by atoms with Crippen molar-refractivity contribution in [2.24, 2.45) is 11.8 Å². The van der Waals surface area contributed by atoms with Gasteiger partial charge in [-0.25, -0.2) is 4.98 Å². The highest BCUT2D eigenvalue weighted by Gasteiger charge is 2.22. The minimum atomic E-state index is 0.0205. The maximum absolute atomic E-state index is 12.0.